The van der Waals surface area contributed by atoms with E-state index in [4.69, 9.17) is 9.47 Å². The van der Waals surface area contributed by atoms with E-state index in [0.717, 1.165) is 117 Å². The lowest BCUT2D eigenvalue weighted by Crippen LogP contribution is -2.47. The van der Waals surface area contributed by atoms with E-state index in [1.54, 1.807) is 32.0 Å². The van der Waals surface area contributed by atoms with Crippen LogP contribution in [0.15, 0.2) is 71.8 Å². The lowest BCUT2D eigenvalue weighted by atomic mass is 9.89. The summed E-state index contributed by atoms with van der Waals surface area (Å²) in [5, 5.41) is 3.82. The normalized spacial score (nSPS) is 20.3. The Kier molecular flexibility index (Phi) is 11.4. The Morgan fingerprint density at radius 1 is 0.879 bits per heavy atom. The monoisotopic (exact) mass is 787 g/mol. The van der Waals surface area contributed by atoms with Crippen LogP contribution in [-0.2, 0) is 23.2 Å². The van der Waals surface area contributed by atoms with E-state index >= 15 is 0 Å². The number of nitrogens with one attached hydrogen (secondary N) is 1. The molecule has 2 atom stereocenters. The fourth-order valence-electron chi connectivity index (χ4n) is 8.88. The minimum absolute atomic E-state index is 0.0737. The smallest absolute Gasteiger partial charge is 0.259 e. The van der Waals surface area contributed by atoms with Crippen LogP contribution in [0.2, 0.25) is 0 Å². The number of rotatable bonds is 13. The number of aryl methyl sites for hydroxylation is 1. The third kappa shape index (κ3) is 8.10. The number of piperidine rings is 1. The first-order chi connectivity index (χ1) is 28.1. The molecule has 1 N–H and O–H groups in total. The molecule has 0 spiro atoms. The van der Waals surface area contributed by atoms with Gasteiger partial charge in [0.2, 0.25) is 11.8 Å². The van der Waals surface area contributed by atoms with Crippen LogP contribution in [-0.4, -0.2) is 110 Å². The molecule has 4 fully saturated rings. The summed E-state index contributed by atoms with van der Waals surface area (Å²) in [6, 6.07) is 13.9. The number of nitrogens with zero attached hydrogens (tertiary/aromatic N) is 6. The maximum absolute atomic E-state index is 13.1. The Labute approximate surface area is 339 Å². The van der Waals surface area contributed by atoms with Crippen molar-refractivity contribution in [1.29, 1.82) is 0 Å². The second-order valence-electron chi connectivity index (χ2n) is 16.3. The number of piperazine rings is 1. The number of aromatic nitrogens is 2. The highest BCUT2D eigenvalue weighted by Gasteiger charge is 2.30. The molecule has 0 saturated carbocycles. The number of pyridine rings is 2. The maximum atomic E-state index is 13.1. The first-order valence-electron chi connectivity index (χ1n) is 20.4. The molecule has 8 rings (SSSR count). The zero-order valence-corrected chi connectivity index (χ0v) is 33.8. The van der Waals surface area contributed by atoms with Crippen LogP contribution in [0.1, 0.15) is 48.0 Å². The van der Waals surface area contributed by atoms with Gasteiger partial charge in [-0.25, -0.2) is 4.98 Å². The number of benzene rings is 2. The minimum Gasteiger partial charge on any atom is -0.496 e. The summed E-state index contributed by atoms with van der Waals surface area (Å²) in [5.74, 6) is 1.83. The van der Waals surface area contributed by atoms with Crippen molar-refractivity contribution in [2.45, 2.75) is 38.6 Å². The average Bonchev–Trinajstić information content (AvgIpc) is 3.68. The van der Waals surface area contributed by atoms with Crippen LogP contribution in [0.3, 0.4) is 0 Å². The first kappa shape index (κ1) is 39.3. The predicted molar refractivity (Wildman–Crippen MR) is 225 cm³/mol. The van der Waals surface area contributed by atoms with E-state index in [-0.39, 0.29) is 29.6 Å². The van der Waals surface area contributed by atoms with Gasteiger partial charge in [-0.3, -0.25) is 29.4 Å². The Morgan fingerprint density at radius 3 is 2.24 bits per heavy atom. The molecule has 4 aliphatic rings. The second-order valence-corrected chi connectivity index (χ2v) is 16.3. The number of methoxy groups -OCH3 is 2. The molecule has 2 aromatic heterocycles. The van der Waals surface area contributed by atoms with Crippen LogP contribution >= 0.6 is 0 Å². The molecular formula is C45H53N7O6. The summed E-state index contributed by atoms with van der Waals surface area (Å²) in [6.45, 7) is 13.4. The van der Waals surface area contributed by atoms with E-state index in [1.165, 1.54) is 0 Å². The summed E-state index contributed by atoms with van der Waals surface area (Å²) < 4.78 is 13.6. The fraction of sp³-hybridized carbons (Fsp3) is 0.444. The van der Waals surface area contributed by atoms with Gasteiger partial charge >= 0.3 is 0 Å². The van der Waals surface area contributed by atoms with Gasteiger partial charge in [0.05, 0.1) is 25.2 Å². The zero-order valence-electron chi connectivity index (χ0n) is 33.8. The number of imide groups is 1. The van der Waals surface area contributed by atoms with Gasteiger partial charge in [-0.15, -0.1) is 0 Å². The highest BCUT2D eigenvalue weighted by Crippen LogP contribution is 2.39. The molecule has 4 aromatic rings. The Hall–Kier alpha value is -5.53. The van der Waals surface area contributed by atoms with Crippen LogP contribution in [0, 0.1) is 11.8 Å². The minimum atomic E-state index is -0.397. The SMILES string of the molecule is C=C(CC1CCC(=O)NC1=O)C(=O)c1ccc(N2CCC(CN3CCN(Cc4c(OC)cc(-c5cn(C)c(=O)c6cnc(N7CCC7)cc56)cc4OC)CC3)C2)cc1. The van der Waals surface area contributed by atoms with Crippen LogP contribution in [0.25, 0.3) is 21.9 Å². The average molecular weight is 788 g/mol. The molecule has 4 saturated heterocycles. The molecule has 2 aromatic carbocycles. The van der Waals surface area contributed by atoms with E-state index in [0.29, 0.717) is 41.8 Å². The number of hydrogen-bond donors (Lipinski definition) is 1. The maximum Gasteiger partial charge on any atom is 0.259 e. The molecule has 4 aliphatic heterocycles. The number of fused-ring (bicyclic) bond motifs is 1. The summed E-state index contributed by atoms with van der Waals surface area (Å²) in [6.07, 6.45) is 6.86. The number of carbonyl (C=O) groups is 3. The summed E-state index contributed by atoms with van der Waals surface area (Å²) in [5.41, 5.74) is 4.85. The third-order valence-corrected chi connectivity index (χ3v) is 12.5. The van der Waals surface area contributed by atoms with Gasteiger partial charge in [0.25, 0.3) is 5.56 Å². The molecule has 58 heavy (non-hydrogen) atoms. The number of Topliss-reactive ketones (excluding diaryl/α,β-unsaturated/α-hetero) is 1. The lowest BCUT2D eigenvalue weighted by molar-refractivity contribution is -0.136. The number of ether oxygens (including phenoxy) is 2. The number of carbonyl (C=O) groups excluding carboxylic acids is 3. The van der Waals surface area contributed by atoms with Crippen molar-refractivity contribution in [2.75, 3.05) is 82.9 Å². The molecule has 6 heterocycles. The van der Waals surface area contributed by atoms with Gasteiger partial charge < -0.3 is 28.7 Å². The third-order valence-electron chi connectivity index (χ3n) is 12.5. The van der Waals surface area contributed by atoms with Crippen molar-refractivity contribution >= 4 is 39.9 Å². The Balaban J connectivity index is 0.862. The molecular weight excluding hydrogens is 735 g/mol. The van der Waals surface area contributed by atoms with Gasteiger partial charge in [-0.2, -0.15) is 0 Å². The van der Waals surface area contributed by atoms with Crippen LogP contribution < -0.4 is 30.1 Å². The quantitative estimate of drug-likeness (QED) is 0.116. The van der Waals surface area contributed by atoms with Crippen molar-refractivity contribution in [2.24, 2.45) is 18.9 Å². The van der Waals surface area contributed by atoms with E-state index < -0.39 is 5.92 Å². The second kappa shape index (κ2) is 16.8. The number of anilines is 2. The molecule has 13 heteroatoms. The highest BCUT2D eigenvalue weighted by atomic mass is 16.5. The van der Waals surface area contributed by atoms with Crippen molar-refractivity contribution in [3.05, 3.63) is 88.5 Å². The Morgan fingerprint density at radius 2 is 1.59 bits per heavy atom. The molecule has 13 nitrogen and oxygen atoms in total. The van der Waals surface area contributed by atoms with Crippen molar-refractivity contribution in [1.82, 2.24) is 24.7 Å². The summed E-state index contributed by atoms with van der Waals surface area (Å²) >= 11 is 0. The molecule has 0 radical (unpaired) electrons. The predicted octanol–water partition coefficient (Wildman–Crippen LogP) is 4.65. The topological polar surface area (TPSA) is 130 Å². The van der Waals surface area contributed by atoms with Crippen molar-refractivity contribution in [3.63, 3.8) is 0 Å². The standard InChI is InChI=1S/C45H53N7O6/c1-29(20-32-8-11-42(53)47-44(32)55)43(54)31-6-9-34(10-7-31)52-15-12-30(26-52)25-49-16-18-50(19-17-49)28-38-39(57-3)21-33(22-40(38)58-4)37-27-48(2)45(56)36-24-46-41(23-35(36)37)51-13-5-14-51/h6-7,9-10,21-24,27,30,32H,1,5,8,11-20,25-26,28H2,2-4H3,(H,47,53,55). The van der Waals surface area contributed by atoms with Crippen LogP contribution in [0.4, 0.5) is 11.5 Å². The zero-order chi connectivity index (χ0) is 40.5. The van der Waals surface area contributed by atoms with Gasteiger partial charge in [-0.1, -0.05) is 6.58 Å². The van der Waals surface area contributed by atoms with E-state index in [1.807, 2.05) is 36.5 Å². The van der Waals surface area contributed by atoms with Gasteiger partial charge in [0.15, 0.2) is 5.78 Å². The summed E-state index contributed by atoms with van der Waals surface area (Å²) in [4.78, 5) is 64.2. The van der Waals surface area contributed by atoms with Crippen LogP contribution in [0.5, 0.6) is 11.5 Å². The van der Waals surface area contributed by atoms with E-state index in [9.17, 15) is 19.2 Å². The van der Waals surface area contributed by atoms with E-state index in [2.05, 4.69) is 48.6 Å². The van der Waals surface area contributed by atoms with Crippen molar-refractivity contribution in [3.8, 4) is 22.6 Å². The highest BCUT2D eigenvalue weighted by molar-refractivity contribution is 6.09. The molecule has 304 valence electrons. The molecule has 2 unspecified atom stereocenters. The molecule has 0 bridgehead atoms. The number of amides is 2. The molecule has 2 amide bonds. The number of hydrogen-bond acceptors (Lipinski definition) is 11. The summed E-state index contributed by atoms with van der Waals surface area (Å²) in [7, 11) is 5.18. The fourth-order valence-corrected chi connectivity index (χ4v) is 8.88. The van der Waals surface area contributed by atoms with Gasteiger partial charge in [-0.05, 0) is 85.2 Å². The van der Waals surface area contributed by atoms with Gasteiger partial charge in [0, 0.05) is 119 Å². The number of ketones is 1. The first-order valence-corrected chi connectivity index (χ1v) is 20.4. The Bertz CT molecular complexity index is 2270. The lowest BCUT2D eigenvalue weighted by Gasteiger charge is -2.36. The van der Waals surface area contributed by atoms with Crippen molar-refractivity contribution < 1.29 is 23.9 Å². The molecule has 0 aliphatic carbocycles. The largest absolute Gasteiger partial charge is 0.496 e. The number of allylic oxidation sites excluding steroid dienone is 1. The van der Waals surface area contributed by atoms with Gasteiger partial charge in [0.1, 0.15) is 17.3 Å².